The van der Waals surface area contributed by atoms with Crippen LogP contribution >= 0.6 is 0 Å². The van der Waals surface area contributed by atoms with E-state index >= 15 is 0 Å². The van der Waals surface area contributed by atoms with Gasteiger partial charge in [0.05, 0.1) is 17.4 Å². The summed E-state index contributed by atoms with van der Waals surface area (Å²) in [4.78, 5) is 14.4. The molecule has 1 amide bonds. The molecule has 1 atom stereocenters. The van der Waals surface area contributed by atoms with Crippen LogP contribution in [0.4, 0.5) is 5.69 Å². The van der Waals surface area contributed by atoms with Crippen LogP contribution in [0.15, 0.2) is 23.1 Å². The quantitative estimate of drug-likeness (QED) is 0.737. The monoisotopic (exact) mass is 369 g/mol. The molecule has 0 aliphatic carbocycles. The normalized spacial score (nSPS) is 15.5. The lowest BCUT2D eigenvalue weighted by Crippen LogP contribution is -2.35. The lowest BCUT2D eigenvalue weighted by Gasteiger charge is -2.21. The van der Waals surface area contributed by atoms with E-state index in [-0.39, 0.29) is 29.9 Å². The van der Waals surface area contributed by atoms with Crippen molar-refractivity contribution in [2.45, 2.75) is 37.7 Å². The van der Waals surface area contributed by atoms with E-state index in [1.807, 2.05) is 13.8 Å². The molecule has 0 saturated heterocycles. The maximum atomic E-state index is 12.6. The van der Waals surface area contributed by atoms with Crippen molar-refractivity contribution in [1.82, 2.24) is 4.31 Å². The van der Waals surface area contributed by atoms with Crippen molar-refractivity contribution in [3.63, 3.8) is 0 Å². The first kappa shape index (κ1) is 19.8. The van der Waals surface area contributed by atoms with E-state index in [0.29, 0.717) is 26.1 Å². The number of benzene rings is 1. The van der Waals surface area contributed by atoms with E-state index in [1.54, 1.807) is 23.1 Å². The van der Waals surface area contributed by atoms with E-state index in [9.17, 15) is 13.2 Å². The number of amides is 1. The zero-order valence-electron chi connectivity index (χ0n) is 15.1. The van der Waals surface area contributed by atoms with Gasteiger partial charge in [0.25, 0.3) is 0 Å². The molecule has 2 rings (SSSR count). The Morgan fingerprint density at radius 3 is 2.60 bits per heavy atom. The summed E-state index contributed by atoms with van der Waals surface area (Å²) in [7, 11) is -1.96. The largest absolute Gasteiger partial charge is 0.380 e. The number of ether oxygens (including phenoxy) is 1. The van der Waals surface area contributed by atoms with Gasteiger partial charge in [-0.25, -0.2) is 8.42 Å². The van der Waals surface area contributed by atoms with Crippen molar-refractivity contribution in [3.05, 3.63) is 23.8 Å². The first-order valence-corrected chi connectivity index (χ1v) is 9.99. The van der Waals surface area contributed by atoms with Gasteiger partial charge in [-0.2, -0.15) is 4.31 Å². The Labute approximate surface area is 149 Å². The molecule has 0 radical (unpaired) electrons. The Kier molecular flexibility index (Phi) is 6.56. The minimum Gasteiger partial charge on any atom is -0.380 e. The standard InChI is InChI=1S/C17H27N3O4S/c1-4-19(5-2)25(22,23)15-6-7-16-13(10-15)8-9-20(16)17(21)11-14(12-18)24-3/h6-7,10,14H,4-5,8-9,11-12,18H2,1-3H3. The molecule has 8 heteroatoms. The van der Waals surface area contributed by atoms with Gasteiger partial charge in [0, 0.05) is 39.0 Å². The molecule has 0 fully saturated rings. The number of methoxy groups -OCH3 is 1. The Morgan fingerprint density at radius 2 is 2.04 bits per heavy atom. The van der Waals surface area contributed by atoms with Gasteiger partial charge in [-0.1, -0.05) is 13.8 Å². The molecule has 140 valence electrons. The van der Waals surface area contributed by atoms with Crippen molar-refractivity contribution in [2.24, 2.45) is 5.73 Å². The smallest absolute Gasteiger partial charge is 0.243 e. The average molecular weight is 369 g/mol. The van der Waals surface area contributed by atoms with Gasteiger partial charge < -0.3 is 15.4 Å². The molecule has 1 aromatic rings. The van der Waals surface area contributed by atoms with Gasteiger partial charge >= 0.3 is 0 Å². The highest BCUT2D eigenvalue weighted by Crippen LogP contribution is 2.31. The lowest BCUT2D eigenvalue weighted by atomic mass is 10.1. The highest BCUT2D eigenvalue weighted by Gasteiger charge is 2.29. The van der Waals surface area contributed by atoms with Crippen LogP contribution in [-0.2, 0) is 26.0 Å². The van der Waals surface area contributed by atoms with Crippen molar-refractivity contribution in [2.75, 3.05) is 38.2 Å². The van der Waals surface area contributed by atoms with E-state index < -0.39 is 10.0 Å². The van der Waals surface area contributed by atoms with E-state index in [1.165, 1.54) is 11.4 Å². The summed E-state index contributed by atoms with van der Waals surface area (Å²) in [5, 5.41) is 0. The van der Waals surface area contributed by atoms with Crippen molar-refractivity contribution < 1.29 is 17.9 Å². The Morgan fingerprint density at radius 1 is 1.36 bits per heavy atom. The topological polar surface area (TPSA) is 92.9 Å². The number of fused-ring (bicyclic) bond motifs is 1. The van der Waals surface area contributed by atoms with Crippen LogP contribution in [-0.4, -0.2) is 58.0 Å². The number of anilines is 1. The van der Waals surface area contributed by atoms with Crippen LogP contribution in [0.3, 0.4) is 0 Å². The summed E-state index contributed by atoms with van der Waals surface area (Å²) in [6, 6.07) is 4.99. The van der Waals surface area contributed by atoms with Gasteiger partial charge in [0.2, 0.25) is 15.9 Å². The SMILES string of the molecule is CCN(CC)S(=O)(=O)c1ccc2c(c1)CCN2C(=O)CC(CN)OC. The zero-order chi connectivity index (χ0) is 18.6. The minimum absolute atomic E-state index is 0.0598. The maximum absolute atomic E-state index is 12.6. The summed E-state index contributed by atoms with van der Waals surface area (Å²) in [6.07, 6.45) is 0.549. The first-order chi connectivity index (χ1) is 11.9. The second-order valence-electron chi connectivity index (χ2n) is 5.97. The third-order valence-corrected chi connectivity index (χ3v) is 6.64. The van der Waals surface area contributed by atoms with Crippen LogP contribution in [0.1, 0.15) is 25.8 Å². The number of carbonyl (C=O) groups is 1. The molecule has 1 unspecified atom stereocenters. The maximum Gasteiger partial charge on any atom is 0.243 e. The minimum atomic E-state index is -3.49. The number of nitrogens with two attached hydrogens (primary N) is 1. The first-order valence-electron chi connectivity index (χ1n) is 8.55. The zero-order valence-corrected chi connectivity index (χ0v) is 15.9. The number of hydrogen-bond acceptors (Lipinski definition) is 5. The number of sulfonamides is 1. The highest BCUT2D eigenvalue weighted by atomic mass is 32.2. The summed E-state index contributed by atoms with van der Waals surface area (Å²) in [5.74, 6) is -0.0598. The summed E-state index contributed by atoms with van der Waals surface area (Å²) in [5.41, 5.74) is 7.23. The molecule has 7 nitrogen and oxygen atoms in total. The summed E-state index contributed by atoms with van der Waals surface area (Å²) in [6.45, 7) is 5.32. The van der Waals surface area contributed by atoms with E-state index in [0.717, 1.165) is 11.3 Å². The molecule has 0 spiro atoms. The molecule has 0 bridgehead atoms. The molecule has 1 aliphatic rings. The Bertz CT molecular complexity index is 713. The Balaban J connectivity index is 2.25. The average Bonchev–Trinajstić information content (AvgIpc) is 3.03. The Hall–Kier alpha value is -1.48. The molecule has 2 N–H and O–H groups in total. The van der Waals surface area contributed by atoms with Gasteiger partial charge in [0.15, 0.2) is 0 Å². The third kappa shape index (κ3) is 4.03. The number of carbonyl (C=O) groups excluding carboxylic acids is 1. The molecule has 1 aliphatic heterocycles. The molecule has 25 heavy (non-hydrogen) atoms. The van der Waals surface area contributed by atoms with Crippen molar-refractivity contribution >= 4 is 21.6 Å². The van der Waals surface area contributed by atoms with Gasteiger partial charge in [0.1, 0.15) is 0 Å². The fourth-order valence-electron chi connectivity index (χ4n) is 3.08. The third-order valence-electron chi connectivity index (χ3n) is 4.59. The molecular weight excluding hydrogens is 342 g/mol. The lowest BCUT2D eigenvalue weighted by molar-refractivity contribution is -0.120. The second kappa shape index (κ2) is 8.27. The fraction of sp³-hybridized carbons (Fsp3) is 0.588. The van der Waals surface area contributed by atoms with Gasteiger partial charge in [-0.05, 0) is 30.2 Å². The van der Waals surface area contributed by atoms with Crippen LogP contribution < -0.4 is 10.6 Å². The predicted molar refractivity (Wildman–Crippen MR) is 97.1 cm³/mol. The predicted octanol–water partition coefficient (Wildman–Crippen LogP) is 0.970. The van der Waals surface area contributed by atoms with Crippen molar-refractivity contribution in [3.8, 4) is 0 Å². The van der Waals surface area contributed by atoms with E-state index in [2.05, 4.69) is 0 Å². The van der Waals surface area contributed by atoms with Crippen LogP contribution in [0.2, 0.25) is 0 Å². The van der Waals surface area contributed by atoms with Gasteiger partial charge in [-0.3, -0.25) is 4.79 Å². The molecule has 1 heterocycles. The second-order valence-corrected chi connectivity index (χ2v) is 7.91. The molecule has 0 saturated carbocycles. The number of hydrogen-bond donors (Lipinski definition) is 1. The van der Waals surface area contributed by atoms with Crippen LogP contribution in [0.5, 0.6) is 0 Å². The van der Waals surface area contributed by atoms with E-state index in [4.69, 9.17) is 10.5 Å². The van der Waals surface area contributed by atoms with Gasteiger partial charge in [-0.15, -0.1) is 0 Å². The summed E-state index contributed by atoms with van der Waals surface area (Å²) >= 11 is 0. The highest BCUT2D eigenvalue weighted by molar-refractivity contribution is 7.89. The fourth-order valence-corrected chi connectivity index (χ4v) is 4.59. The van der Waals surface area contributed by atoms with Crippen molar-refractivity contribution in [1.29, 1.82) is 0 Å². The number of rotatable bonds is 8. The molecule has 0 aromatic heterocycles. The molecule has 1 aromatic carbocycles. The summed E-state index contributed by atoms with van der Waals surface area (Å²) < 4.78 is 31.9. The van der Waals surface area contributed by atoms with Crippen LogP contribution in [0.25, 0.3) is 0 Å². The molecular formula is C17H27N3O4S. The number of nitrogens with zero attached hydrogens (tertiary/aromatic N) is 2. The van der Waals surface area contributed by atoms with Crippen LogP contribution in [0, 0.1) is 0 Å².